The summed E-state index contributed by atoms with van der Waals surface area (Å²) < 4.78 is 0. The molecule has 1 aromatic carbocycles. The molecule has 0 bridgehead atoms. The van der Waals surface area contributed by atoms with Crippen molar-refractivity contribution in [1.82, 2.24) is 4.98 Å². The molecule has 0 radical (unpaired) electrons. The maximum Gasteiger partial charge on any atom is 0.139 e. The van der Waals surface area contributed by atoms with E-state index >= 15 is 0 Å². The molecule has 3 N–H and O–H groups in total. The third-order valence-corrected chi connectivity index (χ3v) is 4.51. The number of aryl methyl sites for hydroxylation is 2. The van der Waals surface area contributed by atoms with Gasteiger partial charge >= 0.3 is 0 Å². The summed E-state index contributed by atoms with van der Waals surface area (Å²) in [6.07, 6.45) is 5.66. The van der Waals surface area contributed by atoms with E-state index in [0.717, 1.165) is 5.75 Å². The number of nitrogens with two attached hydrogens (primary N) is 1. The minimum Gasteiger partial charge on any atom is -0.308 e. The number of fused-ring (bicyclic) bond motifs is 1. The second kappa shape index (κ2) is 5.63. The van der Waals surface area contributed by atoms with Gasteiger partial charge in [0.05, 0.1) is 0 Å². The van der Waals surface area contributed by atoms with Gasteiger partial charge in [0, 0.05) is 16.8 Å². The van der Waals surface area contributed by atoms with Crippen molar-refractivity contribution in [3.05, 3.63) is 53.2 Å². The van der Waals surface area contributed by atoms with Crippen LogP contribution >= 0.6 is 11.8 Å². The Balaban J connectivity index is 1.65. The first-order valence-electron chi connectivity index (χ1n) is 6.51. The predicted octanol–water partition coefficient (Wildman–Crippen LogP) is 3.15. The van der Waals surface area contributed by atoms with Crippen LogP contribution in [0.4, 0.5) is 5.82 Å². The quantitative estimate of drug-likeness (QED) is 0.509. The fourth-order valence-electron chi connectivity index (χ4n) is 2.40. The number of hydrogen-bond donors (Lipinski definition) is 2. The number of rotatable bonds is 4. The second-order valence-corrected chi connectivity index (χ2v) is 5.82. The summed E-state index contributed by atoms with van der Waals surface area (Å²) in [4.78, 5) is 5.57. The van der Waals surface area contributed by atoms with E-state index in [2.05, 4.69) is 34.7 Å². The molecule has 0 atom stereocenters. The Bertz CT molecular complexity index is 566. The second-order valence-electron chi connectivity index (χ2n) is 4.77. The highest BCUT2D eigenvalue weighted by Gasteiger charge is 2.10. The molecule has 1 aliphatic carbocycles. The lowest BCUT2D eigenvalue weighted by Gasteiger charge is -2.05. The maximum atomic E-state index is 5.30. The maximum absolute atomic E-state index is 5.30. The van der Waals surface area contributed by atoms with Crippen LogP contribution in [-0.4, -0.2) is 4.98 Å². The van der Waals surface area contributed by atoms with Gasteiger partial charge in [0.15, 0.2) is 0 Å². The largest absolute Gasteiger partial charge is 0.308 e. The molecule has 0 fully saturated rings. The van der Waals surface area contributed by atoms with Crippen molar-refractivity contribution in [3.8, 4) is 0 Å². The van der Waals surface area contributed by atoms with Crippen LogP contribution in [0.2, 0.25) is 0 Å². The molecular formula is C15H17N3S. The summed E-state index contributed by atoms with van der Waals surface area (Å²) in [5.41, 5.74) is 6.82. The molecule has 0 aliphatic heterocycles. The van der Waals surface area contributed by atoms with Crippen LogP contribution in [0.3, 0.4) is 0 Å². The first-order chi connectivity index (χ1) is 9.35. The van der Waals surface area contributed by atoms with Gasteiger partial charge in [-0.1, -0.05) is 12.1 Å². The summed E-state index contributed by atoms with van der Waals surface area (Å²) in [6, 6.07) is 10.8. The SMILES string of the molecule is NNc1ccc(CSc2ccc3c(c2)CCC3)cn1. The summed E-state index contributed by atoms with van der Waals surface area (Å²) in [5.74, 6) is 6.94. The van der Waals surface area contributed by atoms with Crippen LogP contribution in [0.1, 0.15) is 23.1 Å². The van der Waals surface area contributed by atoms with Crippen LogP contribution in [0, 0.1) is 0 Å². The van der Waals surface area contributed by atoms with E-state index in [1.54, 1.807) is 0 Å². The number of anilines is 1. The normalized spacial score (nSPS) is 13.3. The van der Waals surface area contributed by atoms with Crippen molar-refractivity contribution in [2.75, 3.05) is 5.43 Å². The number of aromatic nitrogens is 1. The number of thioether (sulfide) groups is 1. The minimum atomic E-state index is 0.700. The Kier molecular flexibility index (Phi) is 3.71. The molecule has 19 heavy (non-hydrogen) atoms. The fourth-order valence-corrected chi connectivity index (χ4v) is 3.29. The van der Waals surface area contributed by atoms with Gasteiger partial charge in [0.1, 0.15) is 5.82 Å². The monoisotopic (exact) mass is 271 g/mol. The number of pyridine rings is 1. The lowest BCUT2D eigenvalue weighted by molar-refractivity contribution is 0.911. The van der Waals surface area contributed by atoms with E-state index in [4.69, 9.17) is 5.84 Å². The van der Waals surface area contributed by atoms with E-state index in [-0.39, 0.29) is 0 Å². The van der Waals surface area contributed by atoms with E-state index in [9.17, 15) is 0 Å². The average Bonchev–Trinajstić information content (AvgIpc) is 2.93. The third-order valence-electron chi connectivity index (χ3n) is 3.45. The molecule has 1 aliphatic rings. The summed E-state index contributed by atoms with van der Waals surface area (Å²) in [7, 11) is 0. The van der Waals surface area contributed by atoms with Crippen molar-refractivity contribution < 1.29 is 0 Å². The van der Waals surface area contributed by atoms with Gasteiger partial charge in [-0.3, -0.25) is 0 Å². The number of hydrogen-bond acceptors (Lipinski definition) is 4. The molecule has 0 amide bonds. The number of nitrogens with one attached hydrogen (secondary N) is 1. The summed E-state index contributed by atoms with van der Waals surface area (Å²) >= 11 is 1.86. The van der Waals surface area contributed by atoms with Crippen LogP contribution in [0.5, 0.6) is 0 Å². The molecule has 2 aromatic rings. The van der Waals surface area contributed by atoms with Gasteiger partial charge in [-0.25, -0.2) is 10.8 Å². The highest BCUT2D eigenvalue weighted by molar-refractivity contribution is 7.98. The molecule has 1 heterocycles. The molecule has 0 spiro atoms. The van der Waals surface area contributed by atoms with Gasteiger partial charge in [-0.15, -0.1) is 11.8 Å². The van der Waals surface area contributed by atoms with Crippen molar-refractivity contribution >= 4 is 17.6 Å². The van der Waals surface area contributed by atoms with E-state index in [1.165, 1.54) is 40.8 Å². The molecule has 4 heteroatoms. The third kappa shape index (κ3) is 2.91. The number of nitrogen functional groups attached to an aromatic ring is 1. The molecule has 3 nitrogen and oxygen atoms in total. The van der Waals surface area contributed by atoms with Gasteiger partial charge in [0.2, 0.25) is 0 Å². The molecule has 98 valence electrons. The van der Waals surface area contributed by atoms with Gasteiger partial charge in [-0.2, -0.15) is 0 Å². The Morgan fingerprint density at radius 2 is 2.05 bits per heavy atom. The molecule has 3 rings (SSSR count). The zero-order valence-corrected chi connectivity index (χ0v) is 11.5. The van der Waals surface area contributed by atoms with Crippen LogP contribution in [-0.2, 0) is 18.6 Å². The first kappa shape index (κ1) is 12.5. The fraction of sp³-hybridized carbons (Fsp3) is 0.267. The smallest absolute Gasteiger partial charge is 0.139 e. The van der Waals surface area contributed by atoms with Crippen molar-refractivity contribution in [3.63, 3.8) is 0 Å². The Morgan fingerprint density at radius 3 is 2.84 bits per heavy atom. The van der Waals surface area contributed by atoms with Crippen LogP contribution in [0.25, 0.3) is 0 Å². The van der Waals surface area contributed by atoms with Crippen molar-refractivity contribution in [1.29, 1.82) is 0 Å². The minimum absolute atomic E-state index is 0.700. The standard InChI is InChI=1S/C15H17N3S/c16-18-15-7-4-11(9-17-15)10-19-14-6-5-12-2-1-3-13(12)8-14/h4-9H,1-3,10,16H2,(H,17,18). The Hall–Kier alpha value is -1.52. The zero-order chi connectivity index (χ0) is 13.1. The average molecular weight is 271 g/mol. The van der Waals surface area contributed by atoms with Crippen molar-refractivity contribution in [2.24, 2.45) is 5.84 Å². The first-order valence-corrected chi connectivity index (χ1v) is 7.50. The number of benzene rings is 1. The molecule has 0 saturated carbocycles. The number of hydrazine groups is 1. The molecular weight excluding hydrogens is 254 g/mol. The van der Waals surface area contributed by atoms with Crippen LogP contribution in [0.15, 0.2) is 41.4 Å². The van der Waals surface area contributed by atoms with Gasteiger partial charge < -0.3 is 5.43 Å². The molecule has 1 aromatic heterocycles. The van der Waals surface area contributed by atoms with Gasteiger partial charge in [-0.05, 0) is 54.2 Å². The van der Waals surface area contributed by atoms with E-state index in [0.29, 0.717) is 5.82 Å². The van der Waals surface area contributed by atoms with E-state index in [1.807, 2.05) is 24.0 Å². The highest BCUT2D eigenvalue weighted by atomic mass is 32.2. The van der Waals surface area contributed by atoms with Crippen LogP contribution < -0.4 is 11.3 Å². The topological polar surface area (TPSA) is 50.9 Å². The highest BCUT2D eigenvalue weighted by Crippen LogP contribution is 2.29. The van der Waals surface area contributed by atoms with E-state index < -0.39 is 0 Å². The lowest BCUT2D eigenvalue weighted by Crippen LogP contribution is -2.08. The van der Waals surface area contributed by atoms with Crippen molar-refractivity contribution in [2.45, 2.75) is 29.9 Å². The summed E-state index contributed by atoms with van der Waals surface area (Å²) in [5, 5.41) is 0. The summed E-state index contributed by atoms with van der Waals surface area (Å²) in [6.45, 7) is 0. The lowest BCUT2D eigenvalue weighted by atomic mass is 10.1. The Morgan fingerprint density at radius 1 is 1.16 bits per heavy atom. The predicted molar refractivity (Wildman–Crippen MR) is 80.1 cm³/mol. The molecule has 0 unspecified atom stereocenters. The molecule has 0 saturated heterocycles. The van der Waals surface area contributed by atoms with Gasteiger partial charge in [0.25, 0.3) is 0 Å². The zero-order valence-electron chi connectivity index (χ0n) is 10.7. The Labute approximate surface area is 117 Å². The number of nitrogens with zero attached hydrogens (tertiary/aromatic N) is 1.